The van der Waals surface area contributed by atoms with Crippen LogP contribution >= 0.6 is 11.8 Å². The van der Waals surface area contributed by atoms with Crippen LogP contribution in [0.15, 0.2) is 23.8 Å². The van der Waals surface area contributed by atoms with E-state index in [4.69, 9.17) is 0 Å². The molecule has 3 heterocycles. The monoisotopic (exact) mass is 330 g/mol. The number of rotatable bonds is 4. The van der Waals surface area contributed by atoms with Crippen LogP contribution in [-0.4, -0.2) is 44.7 Å². The number of aromatic nitrogens is 4. The summed E-state index contributed by atoms with van der Waals surface area (Å²) in [5, 5.41) is 3.05. The van der Waals surface area contributed by atoms with E-state index in [-0.39, 0.29) is 5.91 Å². The molecule has 0 bridgehead atoms. The van der Waals surface area contributed by atoms with Crippen molar-refractivity contribution in [2.24, 2.45) is 5.92 Å². The van der Waals surface area contributed by atoms with Crippen LogP contribution in [0.4, 0.5) is 5.82 Å². The van der Waals surface area contributed by atoms with Gasteiger partial charge in [-0.15, -0.1) is 11.8 Å². The summed E-state index contributed by atoms with van der Waals surface area (Å²) in [4.78, 5) is 30.8. The number of nitrogens with one attached hydrogen (secondary N) is 2. The van der Waals surface area contributed by atoms with Crippen LogP contribution in [0.5, 0.6) is 0 Å². The number of anilines is 1. The average Bonchev–Trinajstić information content (AvgIpc) is 3.02. The number of aromatic amines is 1. The molecule has 7 nitrogen and oxygen atoms in total. The predicted octanol–water partition coefficient (Wildman–Crippen LogP) is 1.66. The van der Waals surface area contributed by atoms with E-state index in [1.54, 1.807) is 18.1 Å². The van der Waals surface area contributed by atoms with Gasteiger partial charge in [-0.2, -0.15) is 0 Å². The number of carbonyl (C=O) groups excluding carboxylic acids is 1. The summed E-state index contributed by atoms with van der Waals surface area (Å²) < 4.78 is 0. The Bertz CT molecular complexity index is 753. The first-order valence-corrected chi connectivity index (χ1v) is 8.83. The average molecular weight is 330 g/mol. The molecule has 0 saturated heterocycles. The van der Waals surface area contributed by atoms with Gasteiger partial charge < -0.3 is 15.2 Å². The van der Waals surface area contributed by atoms with Crippen molar-refractivity contribution in [2.75, 3.05) is 23.7 Å². The summed E-state index contributed by atoms with van der Waals surface area (Å²) >= 11 is 1.59. The fourth-order valence-corrected chi connectivity index (χ4v) is 3.69. The zero-order valence-electron chi connectivity index (χ0n) is 12.7. The van der Waals surface area contributed by atoms with Gasteiger partial charge in [0, 0.05) is 25.0 Å². The van der Waals surface area contributed by atoms with E-state index in [9.17, 15) is 4.79 Å². The van der Waals surface area contributed by atoms with E-state index in [2.05, 4.69) is 25.3 Å². The van der Waals surface area contributed by atoms with E-state index in [0.29, 0.717) is 11.6 Å². The number of thioether (sulfide) groups is 1. The zero-order valence-corrected chi connectivity index (χ0v) is 13.5. The van der Waals surface area contributed by atoms with Crippen molar-refractivity contribution < 1.29 is 4.79 Å². The number of nitrogens with zero attached hydrogens (tertiary/aromatic N) is 4. The summed E-state index contributed by atoms with van der Waals surface area (Å²) in [5.41, 5.74) is 1.43. The van der Waals surface area contributed by atoms with Gasteiger partial charge >= 0.3 is 0 Å². The summed E-state index contributed by atoms with van der Waals surface area (Å²) in [5.74, 6) is 2.29. The summed E-state index contributed by atoms with van der Waals surface area (Å²) in [6.07, 6.45) is 8.75. The molecule has 1 aliphatic heterocycles. The minimum Gasteiger partial charge on any atom is -0.351 e. The molecule has 2 aromatic rings. The predicted molar refractivity (Wildman–Crippen MR) is 89.9 cm³/mol. The van der Waals surface area contributed by atoms with Crippen molar-refractivity contribution in [3.05, 3.63) is 23.8 Å². The second kappa shape index (κ2) is 6.19. The lowest BCUT2D eigenvalue weighted by atomic mass is 9.85. The maximum atomic E-state index is 12.4. The third-order valence-electron chi connectivity index (χ3n) is 4.34. The molecule has 2 aliphatic rings. The highest BCUT2D eigenvalue weighted by Gasteiger charge is 2.23. The molecule has 1 saturated carbocycles. The van der Waals surface area contributed by atoms with Crippen LogP contribution in [-0.2, 0) is 4.79 Å². The molecular weight excluding hydrogens is 312 g/mol. The minimum atomic E-state index is 0.0153. The lowest BCUT2D eigenvalue weighted by Crippen LogP contribution is -2.35. The largest absolute Gasteiger partial charge is 0.351 e. The Labute approximate surface area is 138 Å². The highest BCUT2D eigenvalue weighted by atomic mass is 32.2. The fraction of sp³-hybridized carbons (Fsp3) is 0.467. The van der Waals surface area contributed by atoms with E-state index in [1.165, 1.54) is 25.6 Å². The highest BCUT2D eigenvalue weighted by Crippen LogP contribution is 2.29. The van der Waals surface area contributed by atoms with Crippen molar-refractivity contribution in [2.45, 2.75) is 19.3 Å². The molecular formula is C15H18N6OS. The van der Waals surface area contributed by atoms with Gasteiger partial charge in [-0.05, 0) is 18.8 Å². The van der Waals surface area contributed by atoms with Crippen LogP contribution in [0.3, 0.4) is 0 Å². The smallest absolute Gasteiger partial charge is 0.259 e. The number of imidazole rings is 1. The normalized spacial score (nSPS) is 18.6. The number of H-pyrrole nitrogens is 1. The first-order chi connectivity index (χ1) is 11.3. The van der Waals surface area contributed by atoms with Crippen molar-refractivity contribution in [3.8, 4) is 0 Å². The van der Waals surface area contributed by atoms with Crippen LogP contribution in [0, 0.1) is 5.92 Å². The molecule has 0 unspecified atom stereocenters. The van der Waals surface area contributed by atoms with Crippen LogP contribution < -0.4 is 10.2 Å². The molecule has 23 heavy (non-hydrogen) atoms. The fourth-order valence-electron chi connectivity index (χ4n) is 2.78. The van der Waals surface area contributed by atoms with Gasteiger partial charge in [-0.3, -0.25) is 4.79 Å². The van der Waals surface area contributed by atoms with Gasteiger partial charge in [-0.1, -0.05) is 6.42 Å². The summed E-state index contributed by atoms with van der Waals surface area (Å²) in [6.45, 7) is 1.59. The molecule has 120 valence electrons. The molecule has 8 heteroatoms. The topological polar surface area (TPSA) is 86.8 Å². The molecule has 1 amide bonds. The molecule has 2 aromatic heterocycles. The Balaban J connectivity index is 1.52. The van der Waals surface area contributed by atoms with Gasteiger partial charge in [0.05, 0.1) is 11.2 Å². The minimum absolute atomic E-state index is 0.0153. The number of carbonyl (C=O) groups is 1. The molecule has 0 radical (unpaired) electrons. The molecule has 0 atom stereocenters. The Morgan fingerprint density at radius 2 is 2.30 bits per heavy atom. The van der Waals surface area contributed by atoms with E-state index < -0.39 is 0 Å². The summed E-state index contributed by atoms with van der Waals surface area (Å²) in [7, 11) is 0. The maximum Gasteiger partial charge on any atom is 0.259 e. The highest BCUT2D eigenvalue weighted by molar-refractivity contribution is 8.04. The Morgan fingerprint density at radius 3 is 3.13 bits per heavy atom. The van der Waals surface area contributed by atoms with Crippen molar-refractivity contribution in [1.29, 1.82) is 0 Å². The quantitative estimate of drug-likeness (QED) is 0.887. The Morgan fingerprint density at radius 1 is 1.39 bits per heavy atom. The number of hydrogen-bond acceptors (Lipinski definition) is 6. The van der Waals surface area contributed by atoms with Crippen molar-refractivity contribution in [3.63, 3.8) is 0 Å². The van der Waals surface area contributed by atoms with E-state index in [0.717, 1.165) is 35.1 Å². The SMILES string of the molecule is O=C(NCC1CCC1)C1=CN(c2ncnc3nc[nH]c23)CCS1. The van der Waals surface area contributed by atoms with Crippen LogP contribution in [0.1, 0.15) is 19.3 Å². The third-order valence-corrected chi connectivity index (χ3v) is 5.33. The second-order valence-electron chi connectivity index (χ2n) is 5.84. The van der Waals surface area contributed by atoms with Gasteiger partial charge in [0.2, 0.25) is 0 Å². The molecule has 1 aliphatic carbocycles. The maximum absolute atomic E-state index is 12.4. The Hall–Kier alpha value is -2.09. The first kappa shape index (κ1) is 14.5. The summed E-state index contributed by atoms with van der Waals surface area (Å²) in [6, 6.07) is 0. The number of amides is 1. The molecule has 0 aromatic carbocycles. The van der Waals surface area contributed by atoms with E-state index >= 15 is 0 Å². The van der Waals surface area contributed by atoms with Crippen molar-refractivity contribution >= 4 is 34.7 Å². The zero-order chi connectivity index (χ0) is 15.6. The molecule has 2 N–H and O–H groups in total. The molecule has 4 rings (SSSR count). The number of fused-ring (bicyclic) bond motifs is 1. The second-order valence-corrected chi connectivity index (χ2v) is 6.98. The first-order valence-electron chi connectivity index (χ1n) is 7.85. The number of hydrogen-bond donors (Lipinski definition) is 2. The van der Waals surface area contributed by atoms with Crippen LogP contribution in [0.25, 0.3) is 11.2 Å². The van der Waals surface area contributed by atoms with Crippen molar-refractivity contribution in [1.82, 2.24) is 25.3 Å². The van der Waals surface area contributed by atoms with Crippen LogP contribution in [0.2, 0.25) is 0 Å². The van der Waals surface area contributed by atoms with Gasteiger partial charge in [-0.25, -0.2) is 15.0 Å². The third kappa shape index (κ3) is 2.90. The standard InChI is InChI=1S/C15H18N6OS/c22-15(16-6-10-2-1-3-10)11-7-21(4-5-23-11)14-12-13(18-8-17-12)19-9-20-14/h7-10H,1-6H2,(H,16,22)(H,17,18,19,20). The molecule has 1 fully saturated rings. The van der Waals surface area contributed by atoms with E-state index in [1.807, 2.05) is 11.1 Å². The lowest BCUT2D eigenvalue weighted by Gasteiger charge is -2.27. The van der Waals surface area contributed by atoms with Gasteiger partial charge in [0.15, 0.2) is 11.5 Å². The molecule has 0 spiro atoms. The Kier molecular flexibility index (Phi) is 3.90. The van der Waals surface area contributed by atoms with Gasteiger partial charge in [0.25, 0.3) is 5.91 Å². The lowest BCUT2D eigenvalue weighted by molar-refractivity contribution is -0.117. The van der Waals surface area contributed by atoms with Gasteiger partial charge in [0.1, 0.15) is 11.8 Å².